The number of hydrogen-bond donors (Lipinski definition) is 3. The smallest absolute Gasteiger partial charge is 0.318 e. The normalized spacial score (nSPS) is 20.6. The lowest BCUT2D eigenvalue weighted by Gasteiger charge is -2.32. The Kier molecular flexibility index (Phi) is 5.06. The first-order valence-electron chi connectivity index (χ1n) is 6.35. The summed E-state index contributed by atoms with van der Waals surface area (Å²) in [5.41, 5.74) is 0. The Labute approximate surface area is 116 Å². The zero-order valence-electron chi connectivity index (χ0n) is 11.7. The van der Waals surface area contributed by atoms with Crippen molar-refractivity contribution in [3.8, 4) is 0 Å². The van der Waals surface area contributed by atoms with Gasteiger partial charge in [-0.1, -0.05) is 13.8 Å². The highest BCUT2D eigenvalue weighted by molar-refractivity contribution is 6.03. The summed E-state index contributed by atoms with van der Waals surface area (Å²) in [4.78, 5) is 46.7. The SMILES string of the molecule is CC(C)C(CNC(=O)N1CC(=O)NC(=O)C1C)C(=O)O. The van der Waals surface area contributed by atoms with E-state index in [1.54, 1.807) is 13.8 Å². The third kappa shape index (κ3) is 3.69. The minimum Gasteiger partial charge on any atom is -0.481 e. The van der Waals surface area contributed by atoms with Gasteiger partial charge in [0.2, 0.25) is 11.8 Å². The molecule has 20 heavy (non-hydrogen) atoms. The minimum atomic E-state index is -0.999. The topological polar surface area (TPSA) is 116 Å². The van der Waals surface area contributed by atoms with Gasteiger partial charge in [-0.05, 0) is 12.8 Å². The van der Waals surface area contributed by atoms with E-state index in [4.69, 9.17) is 5.11 Å². The molecule has 2 atom stereocenters. The Balaban J connectivity index is 2.64. The van der Waals surface area contributed by atoms with E-state index in [1.807, 2.05) is 0 Å². The van der Waals surface area contributed by atoms with Crippen molar-refractivity contribution in [2.75, 3.05) is 13.1 Å². The lowest BCUT2D eigenvalue weighted by molar-refractivity contribution is -0.143. The van der Waals surface area contributed by atoms with Gasteiger partial charge in [0.15, 0.2) is 0 Å². The number of aliphatic carboxylic acids is 1. The number of carboxylic acids is 1. The van der Waals surface area contributed by atoms with E-state index in [9.17, 15) is 19.2 Å². The molecule has 0 aromatic carbocycles. The number of imide groups is 1. The number of carbonyl (C=O) groups is 4. The van der Waals surface area contributed by atoms with E-state index in [-0.39, 0.29) is 19.0 Å². The Morgan fingerprint density at radius 1 is 1.45 bits per heavy atom. The van der Waals surface area contributed by atoms with Crippen LogP contribution in [0.15, 0.2) is 0 Å². The summed E-state index contributed by atoms with van der Waals surface area (Å²) in [6.07, 6.45) is 0. The van der Waals surface area contributed by atoms with Crippen LogP contribution in [0, 0.1) is 11.8 Å². The molecule has 0 radical (unpaired) electrons. The number of rotatable bonds is 4. The molecule has 1 saturated heterocycles. The molecule has 2 unspecified atom stereocenters. The van der Waals surface area contributed by atoms with Crippen molar-refractivity contribution in [3.05, 3.63) is 0 Å². The second-order valence-electron chi connectivity index (χ2n) is 5.09. The summed E-state index contributed by atoms with van der Waals surface area (Å²) in [7, 11) is 0. The summed E-state index contributed by atoms with van der Waals surface area (Å²) >= 11 is 0. The summed E-state index contributed by atoms with van der Waals surface area (Å²) in [5, 5.41) is 13.6. The van der Waals surface area contributed by atoms with Gasteiger partial charge in [-0.3, -0.25) is 19.7 Å². The Morgan fingerprint density at radius 2 is 2.05 bits per heavy atom. The fourth-order valence-electron chi connectivity index (χ4n) is 1.87. The molecule has 8 heteroatoms. The van der Waals surface area contributed by atoms with Gasteiger partial charge in [-0.15, -0.1) is 0 Å². The molecule has 1 aliphatic heterocycles. The second kappa shape index (κ2) is 6.36. The lowest BCUT2D eigenvalue weighted by atomic mass is 9.96. The van der Waals surface area contributed by atoms with Crippen LogP contribution < -0.4 is 10.6 Å². The molecule has 1 heterocycles. The van der Waals surface area contributed by atoms with E-state index in [1.165, 1.54) is 6.92 Å². The number of carboxylic acid groups (broad SMARTS) is 1. The van der Waals surface area contributed by atoms with Crippen molar-refractivity contribution in [1.29, 1.82) is 0 Å². The van der Waals surface area contributed by atoms with Crippen LogP contribution in [-0.4, -0.2) is 53.0 Å². The molecule has 0 aromatic heterocycles. The number of piperazine rings is 1. The molecule has 1 aliphatic rings. The first kappa shape index (κ1) is 15.9. The molecule has 0 aliphatic carbocycles. The maximum absolute atomic E-state index is 11.9. The van der Waals surface area contributed by atoms with E-state index in [0.29, 0.717) is 0 Å². The van der Waals surface area contributed by atoms with Crippen molar-refractivity contribution < 1.29 is 24.3 Å². The standard InChI is InChI=1S/C12H19N3O5/c1-6(2)8(11(18)19)4-13-12(20)15-5-9(16)14-10(17)7(15)3/h6-8H,4-5H2,1-3H3,(H,13,20)(H,18,19)(H,14,16,17). The maximum Gasteiger partial charge on any atom is 0.318 e. The van der Waals surface area contributed by atoms with Crippen LogP contribution in [0.5, 0.6) is 0 Å². The maximum atomic E-state index is 11.9. The van der Waals surface area contributed by atoms with Crippen LogP contribution in [0.25, 0.3) is 0 Å². The van der Waals surface area contributed by atoms with Gasteiger partial charge >= 0.3 is 12.0 Å². The molecule has 3 N–H and O–H groups in total. The van der Waals surface area contributed by atoms with Crippen molar-refractivity contribution in [1.82, 2.24) is 15.5 Å². The number of urea groups is 1. The molecular formula is C12H19N3O5. The van der Waals surface area contributed by atoms with Crippen LogP contribution in [0.2, 0.25) is 0 Å². The van der Waals surface area contributed by atoms with Crippen molar-refractivity contribution in [2.24, 2.45) is 11.8 Å². The van der Waals surface area contributed by atoms with E-state index < -0.39 is 35.8 Å². The number of hydrogen-bond acceptors (Lipinski definition) is 4. The van der Waals surface area contributed by atoms with Crippen LogP contribution >= 0.6 is 0 Å². The molecule has 8 nitrogen and oxygen atoms in total. The average Bonchev–Trinajstić information content (AvgIpc) is 2.32. The van der Waals surface area contributed by atoms with Gasteiger partial charge < -0.3 is 15.3 Å². The van der Waals surface area contributed by atoms with E-state index >= 15 is 0 Å². The first-order chi connectivity index (χ1) is 9.23. The summed E-state index contributed by atoms with van der Waals surface area (Å²) in [5.74, 6) is -2.96. The van der Waals surface area contributed by atoms with Crippen LogP contribution in [0.1, 0.15) is 20.8 Å². The fourth-order valence-corrected chi connectivity index (χ4v) is 1.87. The van der Waals surface area contributed by atoms with E-state index in [0.717, 1.165) is 4.90 Å². The van der Waals surface area contributed by atoms with E-state index in [2.05, 4.69) is 10.6 Å². The molecule has 1 fully saturated rings. The molecule has 112 valence electrons. The van der Waals surface area contributed by atoms with Crippen LogP contribution in [0.3, 0.4) is 0 Å². The van der Waals surface area contributed by atoms with Crippen molar-refractivity contribution in [3.63, 3.8) is 0 Å². The number of carbonyl (C=O) groups excluding carboxylic acids is 3. The number of nitrogens with one attached hydrogen (secondary N) is 2. The fraction of sp³-hybridized carbons (Fsp3) is 0.667. The third-order valence-corrected chi connectivity index (χ3v) is 3.28. The van der Waals surface area contributed by atoms with Crippen molar-refractivity contribution >= 4 is 23.8 Å². The highest BCUT2D eigenvalue weighted by Gasteiger charge is 2.34. The molecule has 4 amide bonds. The molecule has 0 spiro atoms. The monoisotopic (exact) mass is 285 g/mol. The van der Waals surface area contributed by atoms with Gasteiger partial charge in [0, 0.05) is 6.54 Å². The number of amides is 4. The largest absolute Gasteiger partial charge is 0.481 e. The third-order valence-electron chi connectivity index (χ3n) is 3.28. The molecule has 1 rings (SSSR count). The Bertz CT molecular complexity index is 435. The summed E-state index contributed by atoms with van der Waals surface area (Å²) in [6.45, 7) is 4.71. The van der Waals surface area contributed by atoms with Crippen molar-refractivity contribution in [2.45, 2.75) is 26.8 Å². The number of nitrogens with zero attached hydrogens (tertiary/aromatic N) is 1. The van der Waals surface area contributed by atoms with Crippen LogP contribution in [0.4, 0.5) is 4.79 Å². The molecule has 0 bridgehead atoms. The zero-order valence-corrected chi connectivity index (χ0v) is 11.7. The van der Waals surface area contributed by atoms with Gasteiger partial charge in [-0.25, -0.2) is 4.79 Å². The molecule has 0 saturated carbocycles. The Morgan fingerprint density at radius 3 is 2.55 bits per heavy atom. The quantitative estimate of drug-likeness (QED) is 0.596. The average molecular weight is 285 g/mol. The highest BCUT2D eigenvalue weighted by atomic mass is 16.4. The summed E-state index contributed by atoms with van der Waals surface area (Å²) < 4.78 is 0. The minimum absolute atomic E-state index is 0.0507. The van der Waals surface area contributed by atoms with Gasteiger partial charge in [0.1, 0.15) is 12.6 Å². The van der Waals surface area contributed by atoms with Gasteiger partial charge in [0.25, 0.3) is 0 Å². The molecular weight excluding hydrogens is 266 g/mol. The molecule has 0 aromatic rings. The Hall–Kier alpha value is -2.12. The predicted molar refractivity (Wildman–Crippen MR) is 68.7 cm³/mol. The van der Waals surface area contributed by atoms with Crippen LogP contribution in [-0.2, 0) is 14.4 Å². The van der Waals surface area contributed by atoms with Gasteiger partial charge in [-0.2, -0.15) is 0 Å². The first-order valence-corrected chi connectivity index (χ1v) is 6.35. The predicted octanol–water partition coefficient (Wildman–Crippen LogP) is -0.600. The van der Waals surface area contributed by atoms with Gasteiger partial charge in [0.05, 0.1) is 5.92 Å². The highest BCUT2D eigenvalue weighted by Crippen LogP contribution is 2.11. The second-order valence-corrected chi connectivity index (χ2v) is 5.09. The lowest BCUT2D eigenvalue weighted by Crippen LogP contribution is -2.61. The summed E-state index contributed by atoms with van der Waals surface area (Å²) in [6, 6.07) is -1.39. The zero-order chi connectivity index (χ0) is 15.4.